The fraction of sp³-hybridized carbons (Fsp3) is 0.846. The maximum atomic E-state index is 11.5. The molecule has 0 aromatic carbocycles. The van der Waals surface area contributed by atoms with Crippen LogP contribution in [0.15, 0.2) is 0 Å². The minimum Gasteiger partial charge on any atom is -0.356 e. The third-order valence-corrected chi connectivity index (χ3v) is 2.84. The molecule has 0 rings (SSSR count). The summed E-state index contributed by atoms with van der Waals surface area (Å²) in [6.07, 6.45) is 6.06. The molecule has 0 saturated carbocycles. The van der Waals surface area contributed by atoms with Crippen molar-refractivity contribution in [2.24, 2.45) is 11.7 Å². The lowest BCUT2D eigenvalue weighted by molar-refractivity contribution is -0.121. The third-order valence-electron chi connectivity index (χ3n) is 2.84. The summed E-state index contributed by atoms with van der Waals surface area (Å²) in [5, 5.41) is 11.2. The Morgan fingerprint density at radius 1 is 1.41 bits per heavy atom. The van der Waals surface area contributed by atoms with E-state index >= 15 is 0 Å². The van der Waals surface area contributed by atoms with E-state index in [-0.39, 0.29) is 5.91 Å². The van der Waals surface area contributed by atoms with Gasteiger partial charge in [0.2, 0.25) is 5.91 Å². The highest BCUT2D eigenvalue weighted by molar-refractivity contribution is 5.75. The fourth-order valence-electron chi connectivity index (χ4n) is 1.90. The normalized spacial score (nSPS) is 11.8. The van der Waals surface area contributed by atoms with Gasteiger partial charge >= 0.3 is 0 Å². The van der Waals surface area contributed by atoms with E-state index in [9.17, 15) is 4.79 Å². The largest absolute Gasteiger partial charge is 0.356 e. The lowest BCUT2D eigenvalue weighted by Crippen LogP contribution is -2.25. The summed E-state index contributed by atoms with van der Waals surface area (Å²) in [6, 6.07) is 2.06. The first kappa shape index (κ1) is 15.9. The van der Waals surface area contributed by atoms with E-state index in [0.29, 0.717) is 31.8 Å². The van der Waals surface area contributed by atoms with Crippen LogP contribution in [-0.4, -0.2) is 19.0 Å². The zero-order chi connectivity index (χ0) is 12.9. The predicted octanol–water partition coefficient (Wildman–Crippen LogP) is 1.95. The van der Waals surface area contributed by atoms with Gasteiger partial charge in [-0.25, -0.2) is 0 Å². The Kier molecular flexibility index (Phi) is 10.7. The molecule has 4 heteroatoms. The molecule has 0 radical (unpaired) electrons. The van der Waals surface area contributed by atoms with Crippen molar-refractivity contribution in [2.45, 2.75) is 51.9 Å². The van der Waals surface area contributed by atoms with Crippen LogP contribution in [0.5, 0.6) is 0 Å². The second-order valence-corrected chi connectivity index (χ2v) is 4.38. The molecule has 1 atom stereocenters. The van der Waals surface area contributed by atoms with Crippen molar-refractivity contribution in [1.29, 1.82) is 5.26 Å². The Morgan fingerprint density at radius 2 is 2.18 bits per heavy atom. The first-order valence-electron chi connectivity index (χ1n) is 6.58. The Balaban J connectivity index is 3.61. The molecule has 98 valence electrons. The number of amides is 1. The highest BCUT2D eigenvalue weighted by atomic mass is 16.1. The Morgan fingerprint density at radius 3 is 2.76 bits per heavy atom. The van der Waals surface area contributed by atoms with Crippen molar-refractivity contribution in [3.05, 3.63) is 0 Å². The van der Waals surface area contributed by atoms with Gasteiger partial charge in [-0.2, -0.15) is 5.26 Å². The number of carbonyl (C=O) groups excluding carboxylic acids is 1. The van der Waals surface area contributed by atoms with E-state index < -0.39 is 0 Å². The van der Waals surface area contributed by atoms with E-state index in [1.807, 2.05) is 0 Å². The van der Waals surface area contributed by atoms with E-state index in [1.54, 1.807) is 0 Å². The van der Waals surface area contributed by atoms with Gasteiger partial charge in [0.1, 0.15) is 0 Å². The molecule has 0 aromatic heterocycles. The van der Waals surface area contributed by atoms with Crippen molar-refractivity contribution in [3.8, 4) is 6.07 Å². The second kappa shape index (κ2) is 11.4. The van der Waals surface area contributed by atoms with Gasteiger partial charge in [-0.05, 0) is 31.7 Å². The molecule has 3 N–H and O–H groups in total. The number of nitrogens with zero attached hydrogens (tertiary/aromatic N) is 1. The summed E-state index contributed by atoms with van der Waals surface area (Å²) in [5.41, 5.74) is 5.55. The van der Waals surface area contributed by atoms with Crippen molar-refractivity contribution >= 4 is 5.91 Å². The molecule has 0 aliphatic heterocycles. The van der Waals surface area contributed by atoms with Gasteiger partial charge < -0.3 is 11.1 Å². The second-order valence-electron chi connectivity index (χ2n) is 4.38. The minimum atomic E-state index is 0.0982. The van der Waals surface area contributed by atoms with Crippen LogP contribution >= 0.6 is 0 Å². The Hall–Kier alpha value is -1.08. The molecule has 17 heavy (non-hydrogen) atoms. The lowest BCUT2D eigenvalue weighted by atomic mass is 9.94. The maximum Gasteiger partial charge on any atom is 0.220 e. The van der Waals surface area contributed by atoms with Gasteiger partial charge in [0.15, 0.2) is 0 Å². The predicted molar refractivity (Wildman–Crippen MR) is 69.2 cm³/mol. The van der Waals surface area contributed by atoms with Crippen molar-refractivity contribution in [1.82, 2.24) is 5.32 Å². The van der Waals surface area contributed by atoms with Crippen molar-refractivity contribution in [2.75, 3.05) is 13.1 Å². The highest BCUT2D eigenvalue weighted by Crippen LogP contribution is 2.16. The van der Waals surface area contributed by atoms with Gasteiger partial charge in [0.25, 0.3) is 0 Å². The number of nitrogens with one attached hydrogen (secondary N) is 1. The van der Waals surface area contributed by atoms with E-state index in [1.165, 1.54) is 0 Å². The number of hydrogen-bond donors (Lipinski definition) is 2. The summed E-state index contributed by atoms with van der Waals surface area (Å²) in [5.74, 6) is 0.677. The number of carbonyl (C=O) groups is 1. The van der Waals surface area contributed by atoms with Crippen molar-refractivity contribution < 1.29 is 4.79 Å². The first-order chi connectivity index (χ1) is 8.24. The summed E-state index contributed by atoms with van der Waals surface area (Å²) in [7, 11) is 0. The van der Waals surface area contributed by atoms with Gasteiger partial charge in [-0.1, -0.05) is 19.8 Å². The maximum absolute atomic E-state index is 11.5. The fourth-order valence-corrected chi connectivity index (χ4v) is 1.90. The van der Waals surface area contributed by atoms with Crippen LogP contribution in [0.3, 0.4) is 0 Å². The van der Waals surface area contributed by atoms with Crippen LogP contribution in [-0.2, 0) is 4.79 Å². The zero-order valence-corrected chi connectivity index (χ0v) is 10.9. The number of nitrogens with two attached hydrogens (primary N) is 1. The van der Waals surface area contributed by atoms with Crippen LogP contribution < -0.4 is 11.1 Å². The Labute approximate surface area is 105 Å². The van der Waals surface area contributed by atoms with Crippen LogP contribution in [0, 0.1) is 17.2 Å². The quantitative estimate of drug-likeness (QED) is 0.572. The number of nitriles is 1. The van der Waals surface area contributed by atoms with E-state index in [4.69, 9.17) is 11.0 Å². The number of unbranched alkanes of at least 4 members (excludes halogenated alkanes) is 1. The molecule has 0 aromatic rings. The molecule has 0 fully saturated rings. The molecule has 0 aliphatic carbocycles. The third kappa shape index (κ3) is 9.83. The molecule has 0 saturated heterocycles. The first-order valence-corrected chi connectivity index (χ1v) is 6.58. The molecular formula is C13H25N3O. The average molecular weight is 239 g/mol. The lowest BCUT2D eigenvalue weighted by Gasteiger charge is -2.14. The molecule has 4 nitrogen and oxygen atoms in total. The van der Waals surface area contributed by atoms with Crippen molar-refractivity contribution in [3.63, 3.8) is 0 Å². The zero-order valence-electron chi connectivity index (χ0n) is 10.9. The molecular weight excluding hydrogens is 214 g/mol. The molecule has 0 bridgehead atoms. The molecule has 0 heterocycles. The van der Waals surface area contributed by atoms with Gasteiger partial charge in [0.05, 0.1) is 6.07 Å². The van der Waals surface area contributed by atoms with Crippen LogP contribution in [0.2, 0.25) is 0 Å². The van der Waals surface area contributed by atoms with Gasteiger partial charge in [0, 0.05) is 19.4 Å². The van der Waals surface area contributed by atoms with Crippen LogP contribution in [0.1, 0.15) is 51.9 Å². The van der Waals surface area contributed by atoms with Gasteiger partial charge in [-0.15, -0.1) is 0 Å². The minimum absolute atomic E-state index is 0.0982. The average Bonchev–Trinajstić information content (AvgIpc) is 2.32. The van der Waals surface area contributed by atoms with Crippen LogP contribution in [0.25, 0.3) is 0 Å². The monoisotopic (exact) mass is 239 g/mol. The number of hydrogen-bond acceptors (Lipinski definition) is 3. The molecule has 0 spiro atoms. The number of rotatable bonds is 10. The standard InChI is InChI=1S/C13H25N3O/c1-2-5-12(8-10-15)6-7-13(17)16-11-4-3-9-14/h12H,2-8,10-11,15H2,1H3,(H,16,17). The molecule has 1 amide bonds. The smallest absolute Gasteiger partial charge is 0.220 e. The summed E-state index contributed by atoms with van der Waals surface area (Å²) >= 11 is 0. The van der Waals surface area contributed by atoms with E-state index in [2.05, 4.69) is 18.3 Å². The Bertz CT molecular complexity index is 229. The summed E-state index contributed by atoms with van der Waals surface area (Å²) in [6.45, 7) is 3.47. The summed E-state index contributed by atoms with van der Waals surface area (Å²) in [4.78, 5) is 11.5. The molecule has 1 unspecified atom stereocenters. The highest BCUT2D eigenvalue weighted by Gasteiger charge is 2.09. The molecule has 0 aliphatic rings. The van der Waals surface area contributed by atoms with Crippen LogP contribution in [0.4, 0.5) is 0 Å². The SMILES string of the molecule is CCCC(CCN)CCC(=O)NCCCC#N. The topological polar surface area (TPSA) is 78.9 Å². The van der Waals surface area contributed by atoms with E-state index in [0.717, 1.165) is 32.1 Å². The van der Waals surface area contributed by atoms with Gasteiger partial charge in [-0.3, -0.25) is 4.79 Å². The summed E-state index contributed by atoms with van der Waals surface area (Å²) < 4.78 is 0.